The molecular weight excluding hydrogens is 378 g/mol. The molecule has 0 aliphatic heterocycles. The van der Waals surface area contributed by atoms with Crippen molar-refractivity contribution in [2.75, 3.05) is 20.0 Å². The van der Waals surface area contributed by atoms with E-state index in [0.717, 1.165) is 32.6 Å². The summed E-state index contributed by atoms with van der Waals surface area (Å²) < 4.78 is 5.16. The van der Waals surface area contributed by atoms with Gasteiger partial charge in [0.05, 0.1) is 5.66 Å². The van der Waals surface area contributed by atoms with Gasteiger partial charge in [-0.1, -0.05) is 48.5 Å². The molecule has 0 heterocycles. The molecule has 5 heteroatoms. The topological polar surface area (TPSA) is 49.7 Å². The maximum Gasteiger partial charge on any atom is 0.707 e. The lowest BCUT2D eigenvalue weighted by molar-refractivity contribution is 0.289. The molecule has 0 aliphatic rings. The lowest BCUT2D eigenvalue weighted by atomic mass is 9.97. The first kappa shape index (κ1) is 21.6. The molecule has 0 saturated carbocycles. The van der Waals surface area contributed by atoms with Gasteiger partial charge in [0.25, 0.3) is 0 Å². The molecule has 0 aliphatic carbocycles. The van der Waals surface area contributed by atoms with E-state index in [9.17, 15) is 0 Å². The van der Waals surface area contributed by atoms with Gasteiger partial charge in [0.2, 0.25) is 0 Å². The highest BCUT2D eigenvalue weighted by atomic mass is 31.2. The van der Waals surface area contributed by atoms with Crippen LogP contribution in [0.25, 0.3) is 32.3 Å². The van der Waals surface area contributed by atoms with Crippen LogP contribution >= 0.6 is 7.26 Å². The van der Waals surface area contributed by atoms with Crippen molar-refractivity contribution in [1.29, 1.82) is 0 Å². The fourth-order valence-corrected chi connectivity index (χ4v) is 2.98. The Morgan fingerprint density at radius 3 is 1.90 bits per heavy atom. The first-order valence-corrected chi connectivity index (χ1v) is 13.0. The largest absolute Gasteiger partial charge is 0.707 e. The standard InChI is InChI=1S/C18H13BO3.C6H16P/c20-19(21)22-17-7-3-6-12-8-9-15-10-13-4-1-2-5-14(13)11-16(15)18(12)17;1-6(2)7(3,4)5/h1-11,20-21H;6H,1-5H3/q;+1. The highest BCUT2D eigenvalue weighted by Crippen LogP contribution is 2.51. The molecule has 0 bridgehead atoms. The second-order valence-electron chi connectivity index (χ2n) is 8.49. The van der Waals surface area contributed by atoms with Gasteiger partial charge in [-0.05, 0) is 59.0 Å². The van der Waals surface area contributed by atoms with Gasteiger partial charge in [0, 0.05) is 32.6 Å². The highest BCUT2D eigenvalue weighted by Gasteiger charge is 2.21. The molecule has 3 nitrogen and oxygen atoms in total. The summed E-state index contributed by atoms with van der Waals surface area (Å²) in [6, 6.07) is 22.1. The maximum atomic E-state index is 9.14. The Kier molecular flexibility index (Phi) is 6.48. The Labute approximate surface area is 173 Å². The first-order valence-electron chi connectivity index (χ1n) is 9.85. The fourth-order valence-electron chi connectivity index (χ4n) is 2.98. The van der Waals surface area contributed by atoms with Gasteiger partial charge in [-0.2, -0.15) is 0 Å². The van der Waals surface area contributed by atoms with Gasteiger partial charge in [-0.15, -0.1) is 0 Å². The van der Waals surface area contributed by atoms with Crippen molar-refractivity contribution in [2.45, 2.75) is 19.5 Å². The molecule has 0 fully saturated rings. The smallest absolute Gasteiger partial charge is 0.511 e. The summed E-state index contributed by atoms with van der Waals surface area (Å²) in [5, 5.41) is 24.6. The summed E-state index contributed by atoms with van der Waals surface area (Å²) in [6.07, 6.45) is 0. The second-order valence-corrected chi connectivity index (χ2v) is 13.8. The molecule has 0 aromatic heterocycles. The van der Waals surface area contributed by atoms with Crippen molar-refractivity contribution in [3.05, 3.63) is 66.7 Å². The van der Waals surface area contributed by atoms with Gasteiger partial charge in [0.15, 0.2) is 0 Å². The van der Waals surface area contributed by atoms with Gasteiger partial charge < -0.3 is 14.7 Å². The molecule has 2 N–H and O–H groups in total. The van der Waals surface area contributed by atoms with Crippen molar-refractivity contribution < 1.29 is 14.7 Å². The SMILES string of the molecule is CC(C)[P+](C)(C)C.OB(O)Oc1cccc2ccc3cc4ccccc4cc3c12. The van der Waals surface area contributed by atoms with Crippen molar-refractivity contribution in [3.63, 3.8) is 0 Å². The van der Waals surface area contributed by atoms with Gasteiger partial charge in [-0.25, -0.2) is 0 Å². The van der Waals surface area contributed by atoms with E-state index in [1.54, 1.807) is 6.07 Å². The van der Waals surface area contributed by atoms with Crippen molar-refractivity contribution in [1.82, 2.24) is 0 Å². The molecule has 0 atom stereocenters. The summed E-state index contributed by atoms with van der Waals surface area (Å²) in [7, 11) is -2.32. The van der Waals surface area contributed by atoms with Crippen LogP contribution < -0.4 is 4.65 Å². The summed E-state index contributed by atoms with van der Waals surface area (Å²) >= 11 is 0. The monoisotopic (exact) mass is 407 g/mol. The Balaban J connectivity index is 0.000000298. The summed E-state index contributed by atoms with van der Waals surface area (Å²) in [4.78, 5) is 0. The van der Waals surface area contributed by atoms with Crippen LogP contribution in [0.15, 0.2) is 66.7 Å². The minimum atomic E-state index is -1.83. The quantitative estimate of drug-likeness (QED) is 0.195. The Bertz CT molecular complexity index is 1130. The van der Waals surface area contributed by atoms with Crippen LogP contribution in [0.1, 0.15) is 13.8 Å². The van der Waals surface area contributed by atoms with Crippen LogP contribution in [-0.2, 0) is 0 Å². The van der Waals surface area contributed by atoms with Crippen LogP contribution in [0.3, 0.4) is 0 Å². The average molecular weight is 407 g/mol. The third-order valence-corrected chi connectivity index (χ3v) is 8.57. The summed E-state index contributed by atoms with van der Waals surface area (Å²) in [6.45, 7) is 11.7. The van der Waals surface area contributed by atoms with E-state index >= 15 is 0 Å². The maximum absolute atomic E-state index is 9.14. The Hall–Kier alpha value is -2.13. The highest BCUT2D eigenvalue weighted by molar-refractivity contribution is 7.74. The molecule has 0 spiro atoms. The first-order chi connectivity index (χ1) is 13.7. The van der Waals surface area contributed by atoms with Crippen LogP contribution in [0, 0.1) is 0 Å². The summed E-state index contributed by atoms with van der Waals surface area (Å²) in [5.74, 6) is 0.466. The number of fused-ring (bicyclic) bond motifs is 4. The summed E-state index contributed by atoms with van der Waals surface area (Å²) in [5.41, 5.74) is 0.910. The van der Waals surface area contributed by atoms with Crippen LogP contribution in [0.5, 0.6) is 5.75 Å². The predicted molar refractivity (Wildman–Crippen MR) is 130 cm³/mol. The van der Waals surface area contributed by atoms with Gasteiger partial charge >= 0.3 is 7.32 Å². The third kappa shape index (κ3) is 5.08. The molecule has 0 saturated heterocycles. The van der Waals surface area contributed by atoms with Crippen molar-refractivity contribution in [3.8, 4) is 5.75 Å². The van der Waals surface area contributed by atoms with Crippen molar-refractivity contribution in [2.24, 2.45) is 0 Å². The number of hydrogen-bond donors (Lipinski definition) is 2. The van der Waals surface area contributed by atoms with E-state index in [1.165, 1.54) is 5.39 Å². The molecule has 4 aromatic rings. The second kappa shape index (κ2) is 8.71. The van der Waals surface area contributed by atoms with E-state index < -0.39 is 14.6 Å². The Morgan fingerprint density at radius 1 is 0.759 bits per heavy atom. The zero-order chi connectivity index (χ0) is 21.2. The number of hydrogen-bond acceptors (Lipinski definition) is 3. The van der Waals surface area contributed by atoms with E-state index in [-0.39, 0.29) is 0 Å². The predicted octanol–water partition coefficient (Wildman–Crippen LogP) is 5.80. The fraction of sp³-hybridized carbons (Fsp3) is 0.250. The van der Waals surface area contributed by atoms with Gasteiger partial charge in [0.1, 0.15) is 5.75 Å². The Morgan fingerprint density at radius 2 is 1.31 bits per heavy atom. The minimum Gasteiger partial charge on any atom is -0.511 e. The molecule has 29 heavy (non-hydrogen) atoms. The third-order valence-electron chi connectivity index (χ3n) is 5.47. The van der Waals surface area contributed by atoms with E-state index in [4.69, 9.17) is 14.7 Å². The minimum absolute atomic E-state index is 0.466. The molecule has 150 valence electrons. The lowest BCUT2D eigenvalue weighted by Gasteiger charge is -2.15. The lowest BCUT2D eigenvalue weighted by Crippen LogP contribution is -2.20. The van der Waals surface area contributed by atoms with Gasteiger partial charge in [-0.3, -0.25) is 0 Å². The molecular formula is C24H29BO3P+. The number of rotatable bonds is 3. The average Bonchev–Trinajstić information content (AvgIpc) is 2.65. The molecule has 0 amide bonds. The van der Waals surface area contributed by atoms with Crippen molar-refractivity contribution >= 4 is 46.9 Å². The molecule has 0 radical (unpaired) electrons. The number of benzene rings is 4. The molecule has 4 aromatic carbocycles. The van der Waals surface area contributed by atoms with E-state index in [0.29, 0.717) is 5.75 Å². The zero-order valence-corrected chi connectivity index (χ0v) is 18.6. The molecule has 4 rings (SSSR count). The molecule has 0 unspecified atom stereocenters. The van der Waals surface area contributed by atoms with Crippen LogP contribution in [0.4, 0.5) is 0 Å². The van der Waals surface area contributed by atoms with Crippen LogP contribution in [0.2, 0.25) is 0 Å². The van der Waals surface area contributed by atoms with Crippen LogP contribution in [-0.4, -0.2) is 43.0 Å². The van der Waals surface area contributed by atoms with E-state index in [2.05, 4.69) is 64.2 Å². The van der Waals surface area contributed by atoms with E-state index in [1.807, 2.05) is 30.3 Å². The zero-order valence-electron chi connectivity index (χ0n) is 17.8. The normalized spacial score (nSPS) is 11.6.